The van der Waals surface area contributed by atoms with Crippen LogP contribution in [0.25, 0.3) is 71.3 Å². The van der Waals surface area contributed by atoms with Crippen LogP contribution >= 0.6 is 0 Å². The van der Waals surface area contributed by atoms with Crippen LogP contribution in [0, 0.1) is 0 Å². The topological polar surface area (TPSA) is 4.93 Å². The smallest absolute Gasteiger partial charge is 0.0547 e. The van der Waals surface area contributed by atoms with Crippen molar-refractivity contribution in [3.8, 4) is 27.9 Å². The average Bonchev–Trinajstić information content (AvgIpc) is 3.48. The van der Waals surface area contributed by atoms with Gasteiger partial charge in [-0.3, -0.25) is 0 Å². The second kappa shape index (κ2) is 8.44. The van der Waals surface area contributed by atoms with Gasteiger partial charge < -0.3 is 4.57 Å². The highest BCUT2D eigenvalue weighted by Crippen LogP contribution is 2.49. The first kappa shape index (κ1) is 23.6. The molecule has 0 N–H and O–H groups in total. The summed E-state index contributed by atoms with van der Waals surface area (Å²) >= 11 is 0. The van der Waals surface area contributed by atoms with Crippen molar-refractivity contribution in [2.24, 2.45) is 0 Å². The molecule has 0 saturated heterocycles. The van der Waals surface area contributed by atoms with Gasteiger partial charge in [0.25, 0.3) is 0 Å². The highest BCUT2D eigenvalue weighted by atomic mass is 15.0. The summed E-state index contributed by atoms with van der Waals surface area (Å²) in [6.45, 7) is 4.68. The van der Waals surface area contributed by atoms with Gasteiger partial charge in [0.15, 0.2) is 0 Å². The van der Waals surface area contributed by atoms with Crippen molar-refractivity contribution in [3.05, 3.63) is 151 Å². The van der Waals surface area contributed by atoms with Crippen LogP contribution < -0.4 is 0 Å². The lowest BCUT2D eigenvalue weighted by Crippen LogP contribution is -2.14. The lowest BCUT2D eigenvalue weighted by atomic mass is 9.82. The predicted molar refractivity (Wildman–Crippen MR) is 179 cm³/mol. The van der Waals surface area contributed by atoms with Crippen molar-refractivity contribution >= 4 is 43.4 Å². The molecule has 0 amide bonds. The van der Waals surface area contributed by atoms with Crippen LogP contribution in [0.4, 0.5) is 0 Å². The molecule has 1 aromatic heterocycles. The van der Waals surface area contributed by atoms with Gasteiger partial charge in [0.05, 0.1) is 11.0 Å². The molecule has 1 aliphatic carbocycles. The van der Waals surface area contributed by atoms with Crippen LogP contribution in [0.1, 0.15) is 25.0 Å². The third kappa shape index (κ3) is 3.19. The molecule has 0 radical (unpaired) electrons. The van der Waals surface area contributed by atoms with Crippen molar-refractivity contribution < 1.29 is 0 Å². The Balaban J connectivity index is 1.23. The zero-order chi connectivity index (χ0) is 28.0. The van der Waals surface area contributed by atoms with E-state index in [1.165, 1.54) is 82.4 Å². The highest BCUT2D eigenvalue weighted by Gasteiger charge is 2.35. The SMILES string of the molecule is CC1(C)c2ccccc2-c2cc(-c3ccc4c(ccc5cc6c(cc54)c4ccccc4n6-c4ccccc4)c3)ccc21. The molecule has 198 valence electrons. The lowest BCUT2D eigenvalue weighted by molar-refractivity contribution is 0.660. The number of aromatic nitrogens is 1. The number of hydrogen-bond donors (Lipinski definition) is 0. The molecule has 8 aromatic rings. The zero-order valence-corrected chi connectivity index (χ0v) is 23.7. The van der Waals surface area contributed by atoms with Crippen LogP contribution in [0.5, 0.6) is 0 Å². The maximum absolute atomic E-state index is 2.41. The lowest BCUT2D eigenvalue weighted by Gasteiger charge is -2.21. The first-order valence-electron chi connectivity index (χ1n) is 14.8. The number of benzene rings is 7. The van der Waals surface area contributed by atoms with Crippen LogP contribution in [-0.2, 0) is 5.41 Å². The highest BCUT2D eigenvalue weighted by molar-refractivity contribution is 6.18. The molecule has 1 aliphatic rings. The molecule has 0 aliphatic heterocycles. The fraction of sp³-hybridized carbons (Fsp3) is 0.0732. The van der Waals surface area contributed by atoms with Gasteiger partial charge in [-0.2, -0.15) is 0 Å². The Morgan fingerprint density at radius 3 is 2.00 bits per heavy atom. The summed E-state index contributed by atoms with van der Waals surface area (Å²) in [6.07, 6.45) is 0. The molecule has 0 fully saturated rings. The number of fused-ring (bicyclic) bond motifs is 9. The van der Waals surface area contributed by atoms with E-state index in [1.807, 2.05) is 0 Å². The zero-order valence-electron chi connectivity index (χ0n) is 23.7. The van der Waals surface area contributed by atoms with E-state index in [9.17, 15) is 0 Å². The molecule has 0 spiro atoms. The molecule has 0 unspecified atom stereocenters. The standard InChI is InChI=1S/C41H29N/c1-41(2)37-14-8-6-12-32(37)35-23-27(19-21-38(35)41)26-18-20-31-28(22-26)16-17-29-24-40-36(25-34(29)31)33-13-7-9-15-39(33)42(40)30-10-4-3-5-11-30/h3-25H,1-2H3. The van der Waals surface area contributed by atoms with E-state index in [1.54, 1.807) is 0 Å². The summed E-state index contributed by atoms with van der Waals surface area (Å²) < 4.78 is 2.39. The summed E-state index contributed by atoms with van der Waals surface area (Å²) in [5, 5.41) is 7.70. The molecule has 0 atom stereocenters. The van der Waals surface area contributed by atoms with Crippen molar-refractivity contribution in [3.63, 3.8) is 0 Å². The van der Waals surface area contributed by atoms with Crippen molar-refractivity contribution in [1.82, 2.24) is 4.57 Å². The maximum Gasteiger partial charge on any atom is 0.0547 e. The second-order valence-corrected chi connectivity index (χ2v) is 12.2. The van der Waals surface area contributed by atoms with E-state index in [4.69, 9.17) is 0 Å². The molecule has 7 aromatic carbocycles. The maximum atomic E-state index is 2.41. The van der Waals surface area contributed by atoms with Gasteiger partial charge in [-0.25, -0.2) is 0 Å². The summed E-state index contributed by atoms with van der Waals surface area (Å²) in [4.78, 5) is 0. The van der Waals surface area contributed by atoms with Crippen LogP contribution in [-0.4, -0.2) is 4.57 Å². The van der Waals surface area contributed by atoms with Crippen molar-refractivity contribution in [2.45, 2.75) is 19.3 Å². The van der Waals surface area contributed by atoms with Gasteiger partial charge in [-0.05, 0) is 97.4 Å². The third-order valence-corrected chi connectivity index (χ3v) is 9.56. The number of para-hydroxylation sites is 2. The normalized spacial score (nSPS) is 13.7. The Morgan fingerprint density at radius 1 is 0.429 bits per heavy atom. The molecular formula is C41H29N. The summed E-state index contributed by atoms with van der Waals surface area (Å²) in [7, 11) is 0. The van der Waals surface area contributed by atoms with Crippen LogP contribution in [0.2, 0.25) is 0 Å². The Kier molecular flexibility index (Phi) is 4.73. The minimum atomic E-state index is 0.0295. The van der Waals surface area contributed by atoms with E-state index in [0.717, 1.165) is 0 Å². The summed E-state index contributed by atoms with van der Waals surface area (Å²) in [6, 6.07) is 51.7. The first-order chi connectivity index (χ1) is 20.6. The van der Waals surface area contributed by atoms with Crippen molar-refractivity contribution in [1.29, 1.82) is 0 Å². The Bertz CT molecular complexity index is 2370. The van der Waals surface area contributed by atoms with Gasteiger partial charge >= 0.3 is 0 Å². The number of hydrogen-bond acceptors (Lipinski definition) is 0. The van der Waals surface area contributed by atoms with Gasteiger partial charge in [0.1, 0.15) is 0 Å². The monoisotopic (exact) mass is 535 g/mol. The predicted octanol–water partition coefficient (Wildman–Crippen LogP) is 11.1. The molecule has 9 rings (SSSR count). The number of rotatable bonds is 2. The Hall–Kier alpha value is -5.14. The summed E-state index contributed by atoms with van der Waals surface area (Å²) in [5.74, 6) is 0. The second-order valence-electron chi connectivity index (χ2n) is 12.2. The summed E-state index contributed by atoms with van der Waals surface area (Å²) in [5.41, 5.74) is 11.8. The van der Waals surface area contributed by atoms with Gasteiger partial charge in [-0.1, -0.05) is 111 Å². The minimum Gasteiger partial charge on any atom is -0.309 e. The first-order valence-corrected chi connectivity index (χ1v) is 14.8. The quantitative estimate of drug-likeness (QED) is 0.194. The van der Waals surface area contributed by atoms with E-state index in [0.29, 0.717) is 0 Å². The van der Waals surface area contributed by atoms with E-state index < -0.39 is 0 Å². The van der Waals surface area contributed by atoms with Crippen LogP contribution in [0.3, 0.4) is 0 Å². The molecule has 1 nitrogen and oxygen atoms in total. The van der Waals surface area contributed by atoms with Gasteiger partial charge in [0.2, 0.25) is 0 Å². The number of nitrogens with zero attached hydrogens (tertiary/aromatic N) is 1. The Labute approximate surface area is 245 Å². The molecule has 1 heterocycles. The molecule has 42 heavy (non-hydrogen) atoms. The fourth-order valence-electron chi connectivity index (χ4n) is 7.46. The molecule has 0 saturated carbocycles. The molecular weight excluding hydrogens is 506 g/mol. The molecule has 0 bridgehead atoms. The molecule has 1 heteroatoms. The van der Waals surface area contributed by atoms with Crippen molar-refractivity contribution in [2.75, 3.05) is 0 Å². The van der Waals surface area contributed by atoms with Gasteiger partial charge in [-0.15, -0.1) is 0 Å². The van der Waals surface area contributed by atoms with E-state index in [-0.39, 0.29) is 5.41 Å². The average molecular weight is 536 g/mol. The Morgan fingerprint density at radius 2 is 1.12 bits per heavy atom. The van der Waals surface area contributed by atoms with Crippen LogP contribution in [0.15, 0.2) is 140 Å². The van der Waals surface area contributed by atoms with Gasteiger partial charge in [0, 0.05) is 21.9 Å². The third-order valence-electron chi connectivity index (χ3n) is 9.56. The largest absolute Gasteiger partial charge is 0.309 e. The minimum absolute atomic E-state index is 0.0295. The van der Waals surface area contributed by atoms with E-state index >= 15 is 0 Å². The fourth-order valence-corrected chi connectivity index (χ4v) is 7.46. The van der Waals surface area contributed by atoms with E-state index in [2.05, 4.69) is 158 Å².